The summed E-state index contributed by atoms with van der Waals surface area (Å²) in [7, 11) is 3.35. The lowest BCUT2D eigenvalue weighted by Gasteiger charge is -2.16. The van der Waals surface area contributed by atoms with Crippen molar-refractivity contribution in [3.63, 3.8) is 0 Å². The minimum atomic E-state index is 0.0193. The Morgan fingerprint density at radius 2 is 1.50 bits per heavy atom. The lowest BCUT2D eigenvalue weighted by molar-refractivity contribution is 0.383. The van der Waals surface area contributed by atoms with Gasteiger partial charge in [0.2, 0.25) is 0 Å². The zero-order valence-electron chi connectivity index (χ0n) is 12.0. The second kappa shape index (κ2) is 6.96. The smallest absolute Gasteiger partial charge is 0.125 e. The highest BCUT2D eigenvalue weighted by Crippen LogP contribution is 2.30. The average molecular weight is 271 g/mol. The summed E-state index contributed by atoms with van der Waals surface area (Å²) in [5, 5.41) is 0. The molecule has 0 fully saturated rings. The van der Waals surface area contributed by atoms with E-state index >= 15 is 0 Å². The Morgan fingerprint density at radius 3 is 2.05 bits per heavy atom. The first-order valence-electron chi connectivity index (χ1n) is 6.76. The van der Waals surface area contributed by atoms with Crippen molar-refractivity contribution in [2.45, 2.75) is 18.9 Å². The molecule has 2 N–H and O–H groups in total. The van der Waals surface area contributed by atoms with Crippen LogP contribution in [0, 0.1) is 0 Å². The van der Waals surface area contributed by atoms with Gasteiger partial charge < -0.3 is 15.2 Å². The number of ether oxygens (including phenoxy) is 2. The van der Waals surface area contributed by atoms with E-state index in [0.29, 0.717) is 0 Å². The minimum absolute atomic E-state index is 0.0193. The number of rotatable bonds is 6. The lowest BCUT2D eigenvalue weighted by atomic mass is 9.99. The normalized spacial score (nSPS) is 11.9. The summed E-state index contributed by atoms with van der Waals surface area (Å²) in [6.45, 7) is 0. The summed E-state index contributed by atoms with van der Waals surface area (Å²) >= 11 is 0. The molecule has 2 rings (SSSR count). The van der Waals surface area contributed by atoms with Crippen LogP contribution in [0.1, 0.15) is 23.6 Å². The third kappa shape index (κ3) is 3.31. The fourth-order valence-electron chi connectivity index (χ4n) is 2.34. The molecule has 1 atom stereocenters. The highest BCUT2D eigenvalue weighted by atomic mass is 16.5. The molecule has 0 saturated carbocycles. The molecule has 0 aromatic heterocycles. The van der Waals surface area contributed by atoms with Gasteiger partial charge in [-0.05, 0) is 30.5 Å². The largest absolute Gasteiger partial charge is 0.496 e. The molecule has 0 radical (unpaired) electrons. The molecule has 0 aliphatic carbocycles. The summed E-state index contributed by atoms with van der Waals surface area (Å²) in [6, 6.07) is 16.0. The summed E-state index contributed by atoms with van der Waals surface area (Å²) in [6.07, 6.45) is 1.67. The topological polar surface area (TPSA) is 44.5 Å². The van der Waals surface area contributed by atoms with E-state index in [0.717, 1.165) is 35.5 Å². The molecule has 106 valence electrons. The highest BCUT2D eigenvalue weighted by molar-refractivity contribution is 5.45. The molecule has 0 amide bonds. The first kappa shape index (κ1) is 14.4. The SMILES string of the molecule is COc1cccc(OC)c1CCC(N)c1ccccc1. The van der Waals surface area contributed by atoms with Gasteiger partial charge in [0.1, 0.15) is 11.5 Å². The van der Waals surface area contributed by atoms with E-state index in [1.807, 2.05) is 36.4 Å². The van der Waals surface area contributed by atoms with Crippen LogP contribution >= 0.6 is 0 Å². The molecule has 0 heterocycles. The van der Waals surface area contributed by atoms with Gasteiger partial charge >= 0.3 is 0 Å². The number of methoxy groups -OCH3 is 2. The monoisotopic (exact) mass is 271 g/mol. The molecular weight excluding hydrogens is 250 g/mol. The first-order chi connectivity index (χ1) is 9.76. The van der Waals surface area contributed by atoms with E-state index in [-0.39, 0.29) is 6.04 Å². The van der Waals surface area contributed by atoms with E-state index in [2.05, 4.69) is 12.1 Å². The maximum absolute atomic E-state index is 6.24. The predicted molar refractivity (Wildman–Crippen MR) is 81.2 cm³/mol. The molecule has 0 saturated heterocycles. The van der Waals surface area contributed by atoms with Crippen molar-refractivity contribution in [1.82, 2.24) is 0 Å². The van der Waals surface area contributed by atoms with Gasteiger partial charge in [0.25, 0.3) is 0 Å². The molecule has 2 aromatic rings. The fraction of sp³-hybridized carbons (Fsp3) is 0.294. The van der Waals surface area contributed by atoms with Crippen molar-refractivity contribution >= 4 is 0 Å². The molecule has 3 heteroatoms. The third-order valence-corrected chi connectivity index (χ3v) is 3.46. The Labute approximate surface area is 120 Å². The zero-order chi connectivity index (χ0) is 14.4. The molecule has 0 aliphatic rings. The molecule has 1 unspecified atom stereocenters. The van der Waals surface area contributed by atoms with Crippen LogP contribution in [0.25, 0.3) is 0 Å². The van der Waals surface area contributed by atoms with Crippen LogP contribution in [0.5, 0.6) is 11.5 Å². The van der Waals surface area contributed by atoms with E-state index in [1.54, 1.807) is 14.2 Å². The maximum Gasteiger partial charge on any atom is 0.125 e. The van der Waals surface area contributed by atoms with E-state index in [9.17, 15) is 0 Å². The van der Waals surface area contributed by atoms with Crippen LogP contribution in [0.2, 0.25) is 0 Å². The number of hydrogen-bond acceptors (Lipinski definition) is 3. The minimum Gasteiger partial charge on any atom is -0.496 e. The van der Waals surface area contributed by atoms with Crippen LogP contribution in [0.4, 0.5) is 0 Å². The molecule has 0 aliphatic heterocycles. The maximum atomic E-state index is 6.24. The molecule has 20 heavy (non-hydrogen) atoms. The van der Waals surface area contributed by atoms with Crippen molar-refractivity contribution in [2.24, 2.45) is 5.73 Å². The van der Waals surface area contributed by atoms with Crippen LogP contribution in [-0.4, -0.2) is 14.2 Å². The van der Waals surface area contributed by atoms with Crippen molar-refractivity contribution in [3.8, 4) is 11.5 Å². The summed E-state index contributed by atoms with van der Waals surface area (Å²) < 4.78 is 10.8. The zero-order valence-corrected chi connectivity index (χ0v) is 12.0. The van der Waals surface area contributed by atoms with Gasteiger partial charge in [-0.3, -0.25) is 0 Å². The van der Waals surface area contributed by atoms with Gasteiger partial charge in [0, 0.05) is 11.6 Å². The molecule has 2 aromatic carbocycles. The second-order valence-corrected chi connectivity index (χ2v) is 4.70. The third-order valence-electron chi connectivity index (χ3n) is 3.46. The Hall–Kier alpha value is -2.00. The van der Waals surface area contributed by atoms with Gasteiger partial charge in [-0.2, -0.15) is 0 Å². The van der Waals surface area contributed by atoms with Gasteiger partial charge in [-0.1, -0.05) is 36.4 Å². The molecule has 3 nitrogen and oxygen atoms in total. The van der Waals surface area contributed by atoms with Crippen molar-refractivity contribution in [3.05, 3.63) is 59.7 Å². The highest BCUT2D eigenvalue weighted by Gasteiger charge is 2.12. The fourth-order valence-corrected chi connectivity index (χ4v) is 2.34. The van der Waals surface area contributed by atoms with Crippen molar-refractivity contribution in [2.75, 3.05) is 14.2 Å². The van der Waals surface area contributed by atoms with Gasteiger partial charge in [0.15, 0.2) is 0 Å². The molecule has 0 bridgehead atoms. The van der Waals surface area contributed by atoms with Gasteiger partial charge in [-0.15, -0.1) is 0 Å². The Bertz CT molecular complexity index is 518. The van der Waals surface area contributed by atoms with Crippen LogP contribution in [-0.2, 0) is 6.42 Å². The van der Waals surface area contributed by atoms with Crippen LogP contribution in [0.15, 0.2) is 48.5 Å². The quantitative estimate of drug-likeness (QED) is 0.876. The average Bonchev–Trinajstić information content (AvgIpc) is 2.52. The van der Waals surface area contributed by atoms with E-state index < -0.39 is 0 Å². The lowest BCUT2D eigenvalue weighted by Crippen LogP contribution is -2.11. The Kier molecular flexibility index (Phi) is 5.02. The Morgan fingerprint density at radius 1 is 0.900 bits per heavy atom. The number of benzene rings is 2. The Balaban J connectivity index is 2.11. The summed E-state index contributed by atoms with van der Waals surface area (Å²) in [5.41, 5.74) is 8.47. The van der Waals surface area contributed by atoms with Crippen molar-refractivity contribution < 1.29 is 9.47 Å². The van der Waals surface area contributed by atoms with Gasteiger partial charge in [-0.25, -0.2) is 0 Å². The van der Waals surface area contributed by atoms with Crippen molar-refractivity contribution in [1.29, 1.82) is 0 Å². The predicted octanol–water partition coefficient (Wildman–Crippen LogP) is 3.34. The number of nitrogens with two attached hydrogens (primary N) is 1. The summed E-state index contributed by atoms with van der Waals surface area (Å²) in [4.78, 5) is 0. The molecule has 0 spiro atoms. The standard InChI is InChI=1S/C17H21NO2/c1-19-16-9-6-10-17(20-2)14(16)11-12-15(18)13-7-4-3-5-8-13/h3-10,15H,11-12,18H2,1-2H3. The van der Waals surface area contributed by atoms with Crippen LogP contribution in [0.3, 0.4) is 0 Å². The summed E-state index contributed by atoms with van der Waals surface area (Å²) in [5.74, 6) is 1.70. The number of hydrogen-bond donors (Lipinski definition) is 1. The van der Waals surface area contributed by atoms with Crippen LogP contribution < -0.4 is 15.2 Å². The van der Waals surface area contributed by atoms with E-state index in [4.69, 9.17) is 15.2 Å². The van der Waals surface area contributed by atoms with Gasteiger partial charge in [0.05, 0.1) is 14.2 Å². The molecular formula is C17H21NO2. The first-order valence-corrected chi connectivity index (χ1v) is 6.76. The second-order valence-electron chi connectivity index (χ2n) is 4.70. The van der Waals surface area contributed by atoms with E-state index in [1.165, 1.54) is 0 Å².